The second kappa shape index (κ2) is 5.48. The van der Waals surface area contributed by atoms with Crippen LogP contribution in [0.5, 0.6) is 0 Å². The highest BCUT2D eigenvalue weighted by atomic mass is 16.3. The van der Waals surface area contributed by atoms with Crippen molar-refractivity contribution in [2.24, 2.45) is 17.1 Å². The third-order valence-electron chi connectivity index (χ3n) is 4.16. The third kappa shape index (κ3) is 3.19. The highest BCUT2D eigenvalue weighted by molar-refractivity contribution is 4.95. The summed E-state index contributed by atoms with van der Waals surface area (Å²) < 4.78 is 0. The maximum Gasteiger partial charge on any atom is 0.0558 e. The van der Waals surface area contributed by atoms with Gasteiger partial charge in [0.05, 0.1) is 6.61 Å². The Morgan fingerprint density at radius 1 is 1.44 bits per heavy atom. The Balaban J connectivity index is 2.53. The molecule has 0 aromatic heterocycles. The molecule has 0 spiro atoms. The van der Waals surface area contributed by atoms with Crippen molar-refractivity contribution in [2.45, 2.75) is 52.6 Å². The molecule has 1 fully saturated rings. The van der Waals surface area contributed by atoms with Gasteiger partial charge in [-0.3, -0.25) is 4.90 Å². The number of hydrogen-bond acceptors (Lipinski definition) is 3. The van der Waals surface area contributed by atoms with Crippen LogP contribution in [-0.4, -0.2) is 41.8 Å². The molecule has 1 aliphatic carbocycles. The molecular weight excluding hydrogens is 200 g/mol. The molecule has 2 unspecified atom stereocenters. The molecule has 2 atom stereocenters. The molecule has 0 amide bonds. The van der Waals surface area contributed by atoms with Gasteiger partial charge in [-0.2, -0.15) is 0 Å². The number of hydrogen-bond donors (Lipinski definition) is 2. The van der Waals surface area contributed by atoms with Gasteiger partial charge in [0.15, 0.2) is 0 Å². The Morgan fingerprint density at radius 3 is 2.44 bits per heavy atom. The van der Waals surface area contributed by atoms with E-state index in [1.807, 2.05) is 0 Å². The minimum atomic E-state index is 0.240. The lowest BCUT2D eigenvalue weighted by atomic mass is 9.85. The van der Waals surface area contributed by atoms with E-state index in [-0.39, 0.29) is 12.0 Å². The van der Waals surface area contributed by atoms with Crippen molar-refractivity contribution in [3.05, 3.63) is 0 Å². The fourth-order valence-electron chi connectivity index (χ4n) is 2.74. The minimum Gasteiger partial charge on any atom is -0.395 e. The van der Waals surface area contributed by atoms with Crippen LogP contribution in [0.2, 0.25) is 0 Å². The van der Waals surface area contributed by atoms with Crippen molar-refractivity contribution in [2.75, 3.05) is 19.7 Å². The van der Waals surface area contributed by atoms with Gasteiger partial charge in [0, 0.05) is 25.2 Å². The van der Waals surface area contributed by atoms with Crippen molar-refractivity contribution >= 4 is 0 Å². The number of nitrogens with zero attached hydrogens (tertiary/aromatic N) is 1. The number of rotatable bonds is 5. The zero-order chi connectivity index (χ0) is 12.3. The Bertz CT molecular complexity index is 216. The van der Waals surface area contributed by atoms with Crippen molar-refractivity contribution in [3.63, 3.8) is 0 Å². The van der Waals surface area contributed by atoms with Crippen molar-refractivity contribution in [1.29, 1.82) is 0 Å². The van der Waals surface area contributed by atoms with E-state index < -0.39 is 0 Å². The highest BCUT2D eigenvalue weighted by Crippen LogP contribution is 2.40. The Morgan fingerprint density at radius 2 is 2.06 bits per heavy atom. The van der Waals surface area contributed by atoms with Gasteiger partial charge < -0.3 is 10.8 Å². The second-order valence-corrected chi connectivity index (χ2v) is 6.13. The number of aliphatic hydroxyl groups is 1. The topological polar surface area (TPSA) is 49.5 Å². The fourth-order valence-corrected chi connectivity index (χ4v) is 2.74. The van der Waals surface area contributed by atoms with Gasteiger partial charge in [-0.1, -0.05) is 13.8 Å². The van der Waals surface area contributed by atoms with Gasteiger partial charge >= 0.3 is 0 Å². The first-order valence-electron chi connectivity index (χ1n) is 6.49. The van der Waals surface area contributed by atoms with E-state index >= 15 is 0 Å². The second-order valence-electron chi connectivity index (χ2n) is 6.13. The Kier molecular flexibility index (Phi) is 4.77. The third-order valence-corrected chi connectivity index (χ3v) is 4.16. The molecule has 0 aromatic rings. The van der Waals surface area contributed by atoms with Gasteiger partial charge in [-0.15, -0.1) is 0 Å². The first kappa shape index (κ1) is 13.9. The van der Waals surface area contributed by atoms with Gasteiger partial charge in [0.25, 0.3) is 0 Å². The van der Waals surface area contributed by atoms with Crippen molar-refractivity contribution in [3.8, 4) is 0 Å². The van der Waals surface area contributed by atoms with Crippen LogP contribution in [-0.2, 0) is 0 Å². The summed E-state index contributed by atoms with van der Waals surface area (Å²) >= 11 is 0. The van der Waals surface area contributed by atoms with E-state index in [1.165, 1.54) is 12.8 Å². The van der Waals surface area contributed by atoms with E-state index in [0.717, 1.165) is 13.1 Å². The van der Waals surface area contributed by atoms with Crippen LogP contribution in [0, 0.1) is 11.3 Å². The molecule has 96 valence electrons. The van der Waals surface area contributed by atoms with Crippen LogP contribution in [0.4, 0.5) is 0 Å². The normalized spacial score (nSPS) is 29.2. The standard InChI is InChI=1S/C13H28N2O/c1-10(2)15(7-8-16)9-11-5-6-13(3,4)12(11)14/h10-12,16H,5-9,14H2,1-4H3. The fraction of sp³-hybridized carbons (Fsp3) is 1.00. The Hall–Kier alpha value is -0.120. The molecule has 16 heavy (non-hydrogen) atoms. The molecule has 1 aliphatic rings. The maximum absolute atomic E-state index is 9.06. The van der Waals surface area contributed by atoms with Gasteiger partial charge in [-0.25, -0.2) is 0 Å². The molecule has 0 saturated heterocycles. The van der Waals surface area contributed by atoms with E-state index in [0.29, 0.717) is 18.0 Å². The van der Waals surface area contributed by atoms with Gasteiger partial charge in [-0.05, 0) is 38.0 Å². The molecular formula is C13H28N2O. The summed E-state index contributed by atoms with van der Waals surface area (Å²) in [5, 5.41) is 9.06. The molecule has 0 heterocycles. The molecule has 3 heteroatoms. The minimum absolute atomic E-state index is 0.240. The summed E-state index contributed by atoms with van der Waals surface area (Å²) in [4.78, 5) is 2.34. The van der Waals surface area contributed by atoms with Gasteiger partial charge in [0.2, 0.25) is 0 Å². The highest BCUT2D eigenvalue weighted by Gasteiger charge is 2.39. The first-order chi connectivity index (χ1) is 7.38. The number of nitrogens with two attached hydrogens (primary N) is 1. The van der Waals surface area contributed by atoms with E-state index in [1.54, 1.807) is 0 Å². The quantitative estimate of drug-likeness (QED) is 0.749. The van der Waals surface area contributed by atoms with Crippen LogP contribution in [0.1, 0.15) is 40.5 Å². The summed E-state index contributed by atoms with van der Waals surface area (Å²) in [5.74, 6) is 0.587. The molecule has 0 aliphatic heterocycles. The molecule has 3 N–H and O–H groups in total. The van der Waals surface area contributed by atoms with Crippen molar-refractivity contribution in [1.82, 2.24) is 4.90 Å². The monoisotopic (exact) mass is 228 g/mol. The summed E-state index contributed by atoms with van der Waals surface area (Å²) in [7, 11) is 0. The van der Waals surface area contributed by atoms with Gasteiger partial charge in [0.1, 0.15) is 0 Å². The Labute approximate surface area is 100 Å². The van der Waals surface area contributed by atoms with Crippen LogP contribution in [0.15, 0.2) is 0 Å². The molecule has 0 bridgehead atoms. The predicted molar refractivity (Wildman–Crippen MR) is 68.3 cm³/mol. The van der Waals surface area contributed by atoms with Crippen LogP contribution < -0.4 is 5.73 Å². The maximum atomic E-state index is 9.06. The average molecular weight is 228 g/mol. The van der Waals surface area contributed by atoms with Crippen LogP contribution in [0.3, 0.4) is 0 Å². The van der Waals surface area contributed by atoms with E-state index in [4.69, 9.17) is 10.8 Å². The summed E-state index contributed by atoms with van der Waals surface area (Å²) in [6, 6.07) is 0.788. The smallest absolute Gasteiger partial charge is 0.0558 e. The average Bonchev–Trinajstić information content (AvgIpc) is 2.44. The molecule has 1 saturated carbocycles. The van der Waals surface area contributed by atoms with E-state index in [9.17, 15) is 0 Å². The van der Waals surface area contributed by atoms with Crippen LogP contribution in [0.25, 0.3) is 0 Å². The summed E-state index contributed by atoms with van der Waals surface area (Å²) in [5.41, 5.74) is 6.60. The summed E-state index contributed by atoms with van der Waals surface area (Å²) in [6.45, 7) is 10.9. The largest absolute Gasteiger partial charge is 0.395 e. The lowest BCUT2D eigenvalue weighted by Gasteiger charge is -2.32. The lowest BCUT2D eigenvalue weighted by Crippen LogP contribution is -2.44. The zero-order valence-electron chi connectivity index (χ0n) is 11.2. The number of aliphatic hydroxyl groups excluding tert-OH is 1. The zero-order valence-corrected chi connectivity index (χ0v) is 11.2. The molecule has 0 radical (unpaired) electrons. The SMILES string of the molecule is CC(C)N(CCO)CC1CCC(C)(C)C1N. The first-order valence-corrected chi connectivity index (χ1v) is 6.49. The molecule has 3 nitrogen and oxygen atoms in total. The lowest BCUT2D eigenvalue weighted by molar-refractivity contribution is 0.136. The van der Waals surface area contributed by atoms with Crippen LogP contribution >= 0.6 is 0 Å². The van der Waals surface area contributed by atoms with Crippen molar-refractivity contribution < 1.29 is 5.11 Å². The van der Waals surface area contributed by atoms with E-state index in [2.05, 4.69) is 32.6 Å². The summed E-state index contributed by atoms with van der Waals surface area (Å²) in [6.07, 6.45) is 2.45. The predicted octanol–water partition coefficient (Wildman–Crippen LogP) is 1.45. The molecule has 1 rings (SSSR count). The molecule has 0 aromatic carbocycles.